The van der Waals surface area contributed by atoms with Crippen LogP contribution in [0, 0.1) is 0 Å². The smallest absolute Gasteiger partial charge is 0.321 e. The van der Waals surface area contributed by atoms with Crippen molar-refractivity contribution in [1.29, 1.82) is 0 Å². The zero-order valence-corrected chi connectivity index (χ0v) is 14.5. The first-order chi connectivity index (χ1) is 11.1. The highest BCUT2D eigenvalue weighted by molar-refractivity contribution is 7.09. The van der Waals surface area contributed by atoms with Gasteiger partial charge < -0.3 is 10.1 Å². The van der Waals surface area contributed by atoms with Gasteiger partial charge in [0.25, 0.3) is 0 Å². The number of amides is 2. The van der Waals surface area contributed by atoms with Crippen LogP contribution in [-0.4, -0.2) is 34.5 Å². The van der Waals surface area contributed by atoms with Gasteiger partial charge >= 0.3 is 6.03 Å². The number of carbonyl (C=O) groups is 1. The molecule has 0 saturated carbocycles. The number of carbonyl (C=O) groups excluding carboxylic acids is 1. The van der Waals surface area contributed by atoms with Crippen molar-refractivity contribution in [2.24, 2.45) is 0 Å². The number of hydrogen-bond acceptors (Lipinski definition) is 5. The molecule has 0 saturated heterocycles. The third-order valence-corrected chi connectivity index (χ3v) is 4.66. The van der Waals surface area contributed by atoms with Crippen LogP contribution < -0.4 is 10.6 Å². The lowest BCUT2D eigenvalue weighted by molar-refractivity contribution is 0.189. The minimum Gasteiger partial charge on any atom is -0.385 e. The zero-order valence-electron chi connectivity index (χ0n) is 13.7. The van der Waals surface area contributed by atoms with Crippen molar-refractivity contribution in [3.05, 3.63) is 28.8 Å². The van der Waals surface area contributed by atoms with Gasteiger partial charge in [0.1, 0.15) is 5.01 Å². The van der Waals surface area contributed by atoms with Crippen LogP contribution in [0.15, 0.2) is 23.8 Å². The first kappa shape index (κ1) is 17.4. The molecule has 126 valence electrons. The SMILES string of the molecule is CC[C@@](C)(NC(=O)Nc1ccn(CCCOC)n1)c1nccs1. The van der Waals surface area contributed by atoms with Gasteiger partial charge in [-0.05, 0) is 19.8 Å². The summed E-state index contributed by atoms with van der Waals surface area (Å²) in [6, 6.07) is 1.49. The highest BCUT2D eigenvalue weighted by Crippen LogP contribution is 2.26. The Bertz CT molecular complexity index is 613. The second-order valence-electron chi connectivity index (χ2n) is 5.41. The van der Waals surface area contributed by atoms with Gasteiger partial charge in [-0.15, -0.1) is 11.3 Å². The molecule has 2 amide bonds. The maximum absolute atomic E-state index is 12.2. The average Bonchev–Trinajstić information content (AvgIpc) is 3.19. The molecule has 0 fully saturated rings. The van der Waals surface area contributed by atoms with Crippen LogP contribution >= 0.6 is 11.3 Å². The van der Waals surface area contributed by atoms with Crippen molar-refractivity contribution in [3.63, 3.8) is 0 Å². The van der Waals surface area contributed by atoms with Crippen molar-refractivity contribution >= 4 is 23.2 Å². The molecule has 0 aliphatic carbocycles. The quantitative estimate of drug-likeness (QED) is 0.726. The Morgan fingerprint density at radius 3 is 3.00 bits per heavy atom. The van der Waals surface area contributed by atoms with Gasteiger partial charge in [0.05, 0.1) is 5.54 Å². The van der Waals surface area contributed by atoms with Gasteiger partial charge in [-0.1, -0.05) is 6.92 Å². The summed E-state index contributed by atoms with van der Waals surface area (Å²) in [5.41, 5.74) is -0.487. The van der Waals surface area contributed by atoms with Gasteiger partial charge in [0, 0.05) is 44.1 Å². The number of urea groups is 1. The molecule has 23 heavy (non-hydrogen) atoms. The molecule has 2 N–H and O–H groups in total. The molecule has 0 bridgehead atoms. The molecule has 2 rings (SSSR count). The van der Waals surface area contributed by atoms with Crippen molar-refractivity contribution < 1.29 is 9.53 Å². The molecule has 8 heteroatoms. The second kappa shape index (κ2) is 8.07. The monoisotopic (exact) mass is 337 g/mol. The maximum Gasteiger partial charge on any atom is 0.321 e. The average molecular weight is 337 g/mol. The number of nitrogens with one attached hydrogen (secondary N) is 2. The summed E-state index contributed by atoms with van der Waals surface area (Å²) in [7, 11) is 1.67. The third-order valence-electron chi connectivity index (χ3n) is 3.62. The highest BCUT2D eigenvalue weighted by Gasteiger charge is 2.29. The Morgan fingerprint density at radius 2 is 2.35 bits per heavy atom. The lowest BCUT2D eigenvalue weighted by Gasteiger charge is -2.27. The fraction of sp³-hybridized carbons (Fsp3) is 0.533. The maximum atomic E-state index is 12.2. The molecular formula is C15H23N5O2S. The van der Waals surface area contributed by atoms with Gasteiger partial charge in [-0.2, -0.15) is 5.10 Å². The Balaban J connectivity index is 1.91. The number of thiazole rings is 1. The molecule has 0 spiro atoms. The molecule has 2 aromatic heterocycles. The van der Waals surface area contributed by atoms with E-state index in [2.05, 4.69) is 20.7 Å². The molecule has 0 aliphatic heterocycles. The first-order valence-electron chi connectivity index (χ1n) is 7.59. The first-order valence-corrected chi connectivity index (χ1v) is 8.47. The standard InChI is InChI=1S/C15H23N5O2S/c1-4-15(2,13-16-7-11-23-13)18-14(21)17-12-6-9-20(19-12)8-5-10-22-3/h6-7,9,11H,4-5,8,10H2,1-3H3,(H2,17,18,19,21)/t15-/m1/s1. The summed E-state index contributed by atoms with van der Waals surface area (Å²) in [6.07, 6.45) is 5.21. The Hall–Kier alpha value is -1.93. The molecule has 0 aromatic carbocycles. The van der Waals surface area contributed by atoms with Crippen molar-refractivity contribution in [2.45, 2.75) is 38.8 Å². The van der Waals surface area contributed by atoms with Gasteiger partial charge in [-0.25, -0.2) is 9.78 Å². The van der Waals surface area contributed by atoms with Crippen LogP contribution in [0.3, 0.4) is 0 Å². The summed E-state index contributed by atoms with van der Waals surface area (Å²) in [6.45, 7) is 5.43. The molecule has 0 radical (unpaired) electrons. The van der Waals surface area contributed by atoms with Crippen LogP contribution in [0.4, 0.5) is 10.6 Å². The van der Waals surface area contributed by atoms with E-state index < -0.39 is 5.54 Å². The van der Waals surface area contributed by atoms with E-state index in [1.54, 1.807) is 24.1 Å². The second-order valence-corrected chi connectivity index (χ2v) is 6.31. The molecule has 1 atom stereocenters. The Morgan fingerprint density at radius 1 is 1.52 bits per heavy atom. The highest BCUT2D eigenvalue weighted by atomic mass is 32.1. The van der Waals surface area contributed by atoms with Crippen molar-refractivity contribution in [1.82, 2.24) is 20.1 Å². The molecule has 2 heterocycles. The minimum absolute atomic E-state index is 0.285. The number of hydrogen-bond donors (Lipinski definition) is 2. The molecule has 0 aliphatic rings. The summed E-state index contributed by atoms with van der Waals surface area (Å²) >= 11 is 1.53. The van der Waals surface area contributed by atoms with Crippen LogP contribution in [0.1, 0.15) is 31.7 Å². The van der Waals surface area contributed by atoms with E-state index in [-0.39, 0.29) is 6.03 Å². The van der Waals surface area contributed by atoms with Gasteiger partial charge in [-0.3, -0.25) is 10.00 Å². The van der Waals surface area contributed by atoms with E-state index in [4.69, 9.17) is 4.74 Å². The van der Waals surface area contributed by atoms with Crippen LogP contribution in [0.25, 0.3) is 0 Å². The number of ether oxygens (including phenoxy) is 1. The number of methoxy groups -OCH3 is 1. The Kier molecular flexibility index (Phi) is 6.12. The van der Waals surface area contributed by atoms with Crippen LogP contribution in [0.2, 0.25) is 0 Å². The van der Waals surface area contributed by atoms with E-state index in [0.29, 0.717) is 12.4 Å². The molecule has 0 unspecified atom stereocenters. The topological polar surface area (TPSA) is 81.1 Å². The van der Waals surface area contributed by atoms with Gasteiger partial charge in [0.15, 0.2) is 5.82 Å². The van der Waals surface area contributed by atoms with E-state index in [1.165, 1.54) is 11.3 Å². The molecule has 7 nitrogen and oxygen atoms in total. The van der Waals surface area contributed by atoms with Crippen LogP contribution in [-0.2, 0) is 16.8 Å². The largest absolute Gasteiger partial charge is 0.385 e. The number of nitrogens with zero attached hydrogens (tertiary/aromatic N) is 3. The lowest BCUT2D eigenvalue weighted by Crippen LogP contribution is -2.45. The summed E-state index contributed by atoms with van der Waals surface area (Å²) in [5, 5.41) is 12.9. The Labute approximate surface area is 140 Å². The molecular weight excluding hydrogens is 314 g/mol. The van der Waals surface area contributed by atoms with Gasteiger partial charge in [0.2, 0.25) is 0 Å². The van der Waals surface area contributed by atoms with Crippen LogP contribution in [0.5, 0.6) is 0 Å². The number of aryl methyl sites for hydroxylation is 1. The number of rotatable bonds is 8. The summed E-state index contributed by atoms with van der Waals surface area (Å²) in [5.74, 6) is 0.525. The molecule has 2 aromatic rings. The third kappa shape index (κ3) is 4.77. The predicted octanol–water partition coefficient (Wildman–Crippen LogP) is 2.82. The predicted molar refractivity (Wildman–Crippen MR) is 90.6 cm³/mol. The van der Waals surface area contributed by atoms with E-state index in [0.717, 1.165) is 24.4 Å². The minimum atomic E-state index is -0.487. The van der Waals surface area contributed by atoms with Crippen molar-refractivity contribution in [3.8, 4) is 0 Å². The van der Waals surface area contributed by atoms with E-state index >= 15 is 0 Å². The fourth-order valence-electron chi connectivity index (χ4n) is 2.11. The lowest BCUT2D eigenvalue weighted by atomic mass is 10.0. The zero-order chi connectivity index (χ0) is 16.7. The number of anilines is 1. The summed E-state index contributed by atoms with van der Waals surface area (Å²) < 4.78 is 6.80. The van der Waals surface area contributed by atoms with E-state index in [9.17, 15) is 4.79 Å². The van der Waals surface area contributed by atoms with E-state index in [1.807, 2.05) is 25.4 Å². The fourth-order valence-corrected chi connectivity index (χ4v) is 2.94. The summed E-state index contributed by atoms with van der Waals surface area (Å²) in [4.78, 5) is 16.5. The normalized spacial score (nSPS) is 13.5. The van der Waals surface area contributed by atoms with Crippen molar-refractivity contribution in [2.75, 3.05) is 19.0 Å². The number of aromatic nitrogens is 3.